The van der Waals surface area contributed by atoms with E-state index < -0.39 is 5.97 Å². The molecule has 3 rings (SSSR count). The van der Waals surface area contributed by atoms with Crippen molar-refractivity contribution in [3.63, 3.8) is 0 Å². The second kappa shape index (κ2) is 5.14. The van der Waals surface area contributed by atoms with Crippen LogP contribution in [0.5, 0.6) is 0 Å². The van der Waals surface area contributed by atoms with E-state index in [0.717, 1.165) is 4.47 Å². The van der Waals surface area contributed by atoms with Crippen LogP contribution in [0.3, 0.4) is 0 Å². The number of carboxylic acids is 1. The topological polar surface area (TPSA) is 79.3 Å². The van der Waals surface area contributed by atoms with Gasteiger partial charge in [-0.2, -0.15) is 0 Å². The summed E-state index contributed by atoms with van der Waals surface area (Å²) in [6.45, 7) is 0. The highest BCUT2D eigenvalue weighted by molar-refractivity contribution is 9.10. The first-order chi connectivity index (χ1) is 10.0. The number of nitrogens with one attached hydrogen (secondary N) is 1. The maximum absolute atomic E-state index is 12.0. The van der Waals surface area contributed by atoms with Gasteiger partial charge in [-0.3, -0.25) is 4.79 Å². The fourth-order valence-electron chi connectivity index (χ4n) is 2.11. The van der Waals surface area contributed by atoms with E-state index in [2.05, 4.69) is 26.2 Å². The number of benzene rings is 1. The molecule has 0 unspecified atom stereocenters. The van der Waals surface area contributed by atoms with Crippen molar-refractivity contribution in [2.75, 3.05) is 5.32 Å². The lowest BCUT2D eigenvalue weighted by Crippen LogP contribution is -2.04. The fraction of sp³-hybridized carbons (Fsp3) is 0. The first kappa shape index (κ1) is 13.5. The van der Waals surface area contributed by atoms with Crippen molar-refractivity contribution in [2.24, 2.45) is 0 Å². The summed E-state index contributed by atoms with van der Waals surface area (Å²) in [4.78, 5) is 27.1. The Morgan fingerprint density at radius 2 is 2.14 bits per heavy atom. The summed E-state index contributed by atoms with van der Waals surface area (Å²) in [7, 11) is 0. The van der Waals surface area contributed by atoms with Gasteiger partial charge in [0.05, 0.1) is 11.1 Å². The van der Waals surface area contributed by atoms with Gasteiger partial charge in [0, 0.05) is 16.2 Å². The number of rotatable bonds is 2. The molecular formula is C15H9BrN2O3. The van der Waals surface area contributed by atoms with Gasteiger partial charge in [-0.25, -0.2) is 9.78 Å². The van der Waals surface area contributed by atoms with Gasteiger partial charge in [-0.15, -0.1) is 0 Å². The monoisotopic (exact) mass is 344 g/mol. The number of hydrogen-bond acceptors (Lipinski definition) is 3. The Hall–Kier alpha value is -2.47. The zero-order valence-electron chi connectivity index (χ0n) is 10.6. The van der Waals surface area contributed by atoms with Crippen LogP contribution in [0.4, 0.5) is 5.82 Å². The Morgan fingerprint density at radius 1 is 1.33 bits per heavy atom. The molecular weight excluding hydrogens is 336 g/mol. The Morgan fingerprint density at radius 3 is 2.90 bits per heavy atom. The number of aromatic carboxylic acids is 1. The Bertz CT molecular complexity index is 799. The van der Waals surface area contributed by atoms with Crippen molar-refractivity contribution in [1.82, 2.24) is 4.98 Å². The predicted molar refractivity (Wildman–Crippen MR) is 81.8 cm³/mol. The molecule has 5 nitrogen and oxygen atoms in total. The molecule has 2 aromatic rings. The standard InChI is InChI=1S/C15H9BrN2O3/c16-10-6-11-12(14(19)18-13(11)17-7-10)5-8-2-1-3-9(4-8)15(20)21/h1-7H,(H,20,21)(H,17,18,19)/b12-5-. The third-order valence-electron chi connectivity index (χ3n) is 3.07. The molecule has 1 aliphatic rings. The van der Waals surface area contributed by atoms with Crippen LogP contribution in [0.2, 0.25) is 0 Å². The minimum absolute atomic E-state index is 0.176. The Kier molecular flexibility index (Phi) is 3.31. The SMILES string of the molecule is O=C1Nc2ncc(Br)cc2/C1=C/c1cccc(C(=O)O)c1. The summed E-state index contributed by atoms with van der Waals surface area (Å²) in [6.07, 6.45) is 3.26. The summed E-state index contributed by atoms with van der Waals surface area (Å²) in [5.74, 6) is -0.754. The maximum atomic E-state index is 12.0. The highest BCUT2D eigenvalue weighted by atomic mass is 79.9. The second-order valence-electron chi connectivity index (χ2n) is 4.49. The molecule has 104 valence electrons. The van der Waals surface area contributed by atoms with E-state index in [4.69, 9.17) is 5.11 Å². The minimum Gasteiger partial charge on any atom is -0.478 e. The first-order valence-electron chi connectivity index (χ1n) is 6.07. The average molecular weight is 345 g/mol. The molecule has 1 amide bonds. The fourth-order valence-corrected chi connectivity index (χ4v) is 2.44. The normalized spacial score (nSPS) is 14.9. The van der Waals surface area contributed by atoms with E-state index in [0.29, 0.717) is 22.5 Å². The molecule has 0 atom stereocenters. The van der Waals surface area contributed by atoms with Crippen LogP contribution in [0.15, 0.2) is 41.0 Å². The average Bonchev–Trinajstić information content (AvgIpc) is 2.75. The predicted octanol–water partition coefficient (Wildman–Crippen LogP) is 3.04. The van der Waals surface area contributed by atoms with E-state index in [-0.39, 0.29) is 11.5 Å². The van der Waals surface area contributed by atoms with E-state index >= 15 is 0 Å². The molecule has 6 heteroatoms. The van der Waals surface area contributed by atoms with E-state index in [1.807, 2.05) is 0 Å². The number of carbonyl (C=O) groups excluding carboxylic acids is 1. The lowest BCUT2D eigenvalue weighted by Gasteiger charge is -2.00. The molecule has 0 fully saturated rings. The molecule has 1 aromatic carbocycles. The summed E-state index contributed by atoms with van der Waals surface area (Å²) in [5.41, 5.74) is 1.97. The number of aromatic nitrogens is 1. The van der Waals surface area contributed by atoms with Crippen molar-refractivity contribution in [1.29, 1.82) is 0 Å². The number of hydrogen-bond donors (Lipinski definition) is 2. The number of carbonyl (C=O) groups is 2. The lowest BCUT2D eigenvalue weighted by atomic mass is 10.0. The van der Waals surface area contributed by atoms with Crippen LogP contribution in [0.1, 0.15) is 21.5 Å². The Balaban J connectivity index is 2.08. The van der Waals surface area contributed by atoms with Gasteiger partial charge in [0.25, 0.3) is 5.91 Å². The summed E-state index contributed by atoms with van der Waals surface area (Å²) in [5, 5.41) is 11.7. The van der Waals surface area contributed by atoms with Crippen molar-refractivity contribution in [2.45, 2.75) is 0 Å². The van der Waals surface area contributed by atoms with Gasteiger partial charge >= 0.3 is 5.97 Å². The number of halogens is 1. The van der Waals surface area contributed by atoms with Crippen molar-refractivity contribution in [3.05, 3.63) is 57.7 Å². The minimum atomic E-state index is -1.00. The molecule has 0 saturated heterocycles. The molecule has 0 bridgehead atoms. The lowest BCUT2D eigenvalue weighted by molar-refractivity contribution is -0.110. The third kappa shape index (κ3) is 2.57. The maximum Gasteiger partial charge on any atom is 0.335 e. The van der Waals surface area contributed by atoms with Gasteiger partial charge in [0.2, 0.25) is 0 Å². The van der Waals surface area contributed by atoms with Crippen molar-refractivity contribution in [3.8, 4) is 0 Å². The molecule has 0 saturated carbocycles. The molecule has 0 radical (unpaired) electrons. The second-order valence-corrected chi connectivity index (χ2v) is 5.41. The van der Waals surface area contributed by atoms with Crippen LogP contribution in [0.25, 0.3) is 11.6 Å². The van der Waals surface area contributed by atoms with Crippen molar-refractivity contribution < 1.29 is 14.7 Å². The van der Waals surface area contributed by atoms with Crippen LogP contribution in [-0.4, -0.2) is 22.0 Å². The quantitative estimate of drug-likeness (QED) is 0.820. The number of amides is 1. The Labute approximate surface area is 128 Å². The largest absolute Gasteiger partial charge is 0.478 e. The van der Waals surface area contributed by atoms with Gasteiger partial charge < -0.3 is 10.4 Å². The number of pyridine rings is 1. The number of carboxylic acid groups (broad SMARTS) is 1. The molecule has 2 heterocycles. The summed E-state index contributed by atoms with van der Waals surface area (Å²) in [6, 6.07) is 8.21. The summed E-state index contributed by atoms with van der Waals surface area (Å²) < 4.78 is 0.767. The van der Waals surface area contributed by atoms with Gasteiger partial charge in [-0.1, -0.05) is 12.1 Å². The van der Waals surface area contributed by atoms with Gasteiger partial charge in [-0.05, 0) is 45.8 Å². The van der Waals surface area contributed by atoms with Crippen LogP contribution in [0, 0.1) is 0 Å². The first-order valence-corrected chi connectivity index (χ1v) is 6.86. The molecule has 0 spiro atoms. The van der Waals surface area contributed by atoms with Gasteiger partial charge in [0.15, 0.2) is 0 Å². The highest BCUT2D eigenvalue weighted by Crippen LogP contribution is 2.33. The number of anilines is 1. The van der Waals surface area contributed by atoms with E-state index in [1.54, 1.807) is 30.5 Å². The van der Waals surface area contributed by atoms with Crippen LogP contribution >= 0.6 is 15.9 Å². The third-order valence-corrected chi connectivity index (χ3v) is 3.50. The van der Waals surface area contributed by atoms with E-state index in [9.17, 15) is 9.59 Å². The zero-order chi connectivity index (χ0) is 15.0. The summed E-state index contributed by atoms with van der Waals surface area (Å²) >= 11 is 3.32. The number of fused-ring (bicyclic) bond motifs is 1. The molecule has 0 aliphatic carbocycles. The van der Waals surface area contributed by atoms with Crippen LogP contribution < -0.4 is 5.32 Å². The number of nitrogens with zero attached hydrogens (tertiary/aromatic N) is 1. The molecule has 2 N–H and O–H groups in total. The zero-order valence-corrected chi connectivity index (χ0v) is 12.2. The van der Waals surface area contributed by atoms with Gasteiger partial charge in [0.1, 0.15) is 5.82 Å². The molecule has 21 heavy (non-hydrogen) atoms. The van der Waals surface area contributed by atoms with E-state index in [1.165, 1.54) is 12.1 Å². The van der Waals surface area contributed by atoms with Crippen molar-refractivity contribution >= 4 is 45.3 Å². The molecule has 1 aliphatic heterocycles. The smallest absolute Gasteiger partial charge is 0.335 e. The molecule has 1 aromatic heterocycles. The highest BCUT2D eigenvalue weighted by Gasteiger charge is 2.25. The van der Waals surface area contributed by atoms with Crippen LogP contribution in [-0.2, 0) is 4.79 Å².